The van der Waals surface area contributed by atoms with E-state index in [9.17, 15) is 22.8 Å². The average molecular weight is 585 g/mol. The Morgan fingerprint density at radius 3 is 2.36 bits per heavy atom. The van der Waals surface area contributed by atoms with Gasteiger partial charge in [0.25, 0.3) is 5.91 Å². The number of halogens is 5. The van der Waals surface area contributed by atoms with Crippen LogP contribution in [0.1, 0.15) is 24.8 Å². The van der Waals surface area contributed by atoms with Gasteiger partial charge in [-0.2, -0.15) is 13.2 Å². The van der Waals surface area contributed by atoms with Crippen LogP contribution in [-0.2, 0) is 15.8 Å². The quantitative estimate of drug-likeness (QED) is 0.554. The van der Waals surface area contributed by atoms with Crippen LogP contribution in [0.25, 0.3) is 0 Å². The molecule has 0 aliphatic carbocycles. The number of nitrogens with one attached hydrogen (secondary N) is 1. The number of rotatable bonds is 3. The van der Waals surface area contributed by atoms with Crippen LogP contribution in [0.15, 0.2) is 41.7 Å². The summed E-state index contributed by atoms with van der Waals surface area (Å²) in [4.78, 5) is 41.2. The minimum absolute atomic E-state index is 0.00414. The Bertz CT molecular complexity index is 1290. The van der Waals surface area contributed by atoms with Gasteiger partial charge >= 0.3 is 12.2 Å². The average Bonchev–Trinajstić information content (AvgIpc) is 3.33. The van der Waals surface area contributed by atoms with Gasteiger partial charge in [0, 0.05) is 64.7 Å². The lowest BCUT2D eigenvalue weighted by atomic mass is 9.86. The molecule has 1 N–H and O–H groups in total. The largest absolute Gasteiger partial charge is 0.416 e. The summed E-state index contributed by atoms with van der Waals surface area (Å²) in [6.07, 6.45) is -1.71. The second-order valence-electron chi connectivity index (χ2n) is 9.69. The Balaban J connectivity index is 1.12. The second-order valence-corrected chi connectivity index (χ2v) is 10.5. The van der Waals surface area contributed by atoms with Crippen molar-refractivity contribution in [3.05, 3.63) is 52.1 Å². The van der Waals surface area contributed by atoms with Crippen molar-refractivity contribution in [3.8, 4) is 0 Å². The van der Waals surface area contributed by atoms with E-state index in [1.807, 2.05) is 4.90 Å². The summed E-state index contributed by atoms with van der Waals surface area (Å²) >= 11 is 12.2. The lowest BCUT2D eigenvalue weighted by Gasteiger charge is -2.37. The van der Waals surface area contributed by atoms with E-state index >= 15 is 0 Å². The number of carbonyl (C=O) groups is 2. The van der Waals surface area contributed by atoms with Crippen LogP contribution in [0.4, 0.5) is 29.5 Å². The third-order valence-electron chi connectivity index (χ3n) is 7.19. The monoisotopic (exact) mass is 584 g/mol. The van der Waals surface area contributed by atoms with Gasteiger partial charge in [-0.15, -0.1) is 0 Å². The molecule has 1 aromatic heterocycles. The highest BCUT2D eigenvalue weighted by Crippen LogP contribution is 2.37. The zero-order chi connectivity index (χ0) is 27.8. The molecule has 1 aromatic carbocycles. The number of piperazine rings is 1. The van der Waals surface area contributed by atoms with Gasteiger partial charge in [0.2, 0.25) is 0 Å². The zero-order valence-corrected chi connectivity index (χ0v) is 22.2. The molecule has 39 heavy (non-hydrogen) atoms. The zero-order valence-electron chi connectivity index (χ0n) is 20.7. The number of nitrogens with zero attached hydrogens (tertiary/aromatic N) is 5. The van der Waals surface area contributed by atoms with E-state index in [0.717, 1.165) is 18.2 Å². The fraction of sp³-hybridized carbons (Fsp3) is 0.440. The van der Waals surface area contributed by atoms with Gasteiger partial charge in [-0.1, -0.05) is 28.4 Å². The van der Waals surface area contributed by atoms with Gasteiger partial charge in [0.05, 0.1) is 21.3 Å². The smallest absolute Gasteiger partial charge is 0.388 e. The van der Waals surface area contributed by atoms with E-state index in [1.165, 1.54) is 4.90 Å². The van der Waals surface area contributed by atoms with Crippen LogP contribution in [0, 0.1) is 0 Å². The first kappa shape index (κ1) is 27.3. The first-order valence-electron chi connectivity index (χ1n) is 12.4. The lowest BCUT2D eigenvalue weighted by Crippen LogP contribution is -2.52. The van der Waals surface area contributed by atoms with Crippen molar-refractivity contribution < 1.29 is 27.6 Å². The van der Waals surface area contributed by atoms with E-state index < -0.39 is 23.4 Å². The molecule has 208 valence electrons. The lowest BCUT2D eigenvalue weighted by molar-refractivity contribution is -0.137. The highest BCUT2D eigenvalue weighted by atomic mass is 35.5. The van der Waals surface area contributed by atoms with Crippen LogP contribution in [-0.4, -0.2) is 77.3 Å². The highest BCUT2D eigenvalue weighted by molar-refractivity contribution is 6.39. The number of piperidine rings is 1. The SMILES string of the molecule is O=C(Nc1cc(C(F)(F)F)ccc1Cl)N1CCC2(CC1)CC(C(=O)N1CCN(c3ncccc3Cl)CC1)=NO2. The molecule has 0 radical (unpaired) electrons. The number of urea groups is 1. The summed E-state index contributed by atoms with van der Waals surface area (Å²) in [5.41, 5.74) is -1.38. The maximum Gasteiger partial charge on any atom is 0.416 e. The number of aromatic nitrogens is 1. The van der Waals surface area contributed by atoms with Crippen LogP contribution >= 0.6 is 23.2 Å². The fourth-order valence-corrected chi connectivity index (χ4v) is 5.33. The van der Waals surface area contributed by atoms with E-state index in [1.54, 1.807) is 23.2 Å². The molecule has 14 heteroatoms. The molecule has 2 aromatic rings. The van der Waals surface area contributed by atoms with Gasteiger partial charge < -0.3 is 24.9 Å². The number of pyridine rings is 1. The standard InChI is InChI=1S/C25H25Cl2F3N6O3/c26-17-4-3-16(25(28,29)30)14-19(17)32-23(38)36-8-5-24(6-9-36)15-20(33-39-24)22(37)35-12-10-34(11-13-35)21-18(27)2-1-7-31-21/h1-4,7,14H,5-6,8-13,15H2,(H,32,38). The first-order valence-corrected chi connectivity index (χ1v) is 13.1. The Morgan fingerprint density at radius 2 is 1.69 bits per heavy atom. The van der Waals surface area contributed by atoms with E-state index in [2.05, 4.69) is 15.5 Å². The summed E-state index contributed by atoms with van der Waals surface area (Å²) in [6, 6.07) is 5.74. The van der Waals surface area contributed by atoms with Crippen molar-refractivity contribution in [2.75, 3.05) is 49.5 Å². The minimum atomic E-state index is -4.56. The molecule has 4 heterocycles. The number of anilines is 2. The molecule has 0 bridgehead atoms. The Labute approximate surface area is 232 Å². The van der Waals surface area contributed by atoms with Crippen LogP contribution in [0.2, 0.25) is 10.0 Å². The van der Waals surface area contributed by atoms with Gasteiger partial charge in [0.15, 0.2) is 0 Å². The van der Waals surface area contributed by atoms with E-state index in [0.29, 0.717) is 62.0 Å². The van der Waals surface area contributed by atoms with Crippen LogP contribution in [0.3, 0.4) is 0 Å². The summed E-state index contributed by atoms with van der Waals surface area (Å²) < 4.78 is 39.1. The maximum atomic E-state index is 13.1. The molecule has 2 saturated heterocycles. The Morgan fingerprint density at radius 1 is 0.974 bits per heavy atom. The van der Waals surface area contributed by atoms with Gasteiger partial charge in [-0.25, -0.2) is 9.78 Å². The van der Waals surface area contributed by atoms with Gasteiger partial charge in [-0.3, -0.25) is 4.79 Å². The topological polar surface area (TPSA) is 90.4 Å². The molecular formula is C25H25Cl2F3N6O3. The minimum Gasteiger partial charge on any atom is -0.388 e. The molecule has 1 spiro atoms. The number of alkyl halides is 3. The molecule has 3 aliphatic rings. The molecule has 9 nitrogen and oxygen atoms in total. The third-order valence-corrected chi connectivity index (χ3v) is 7.81. The second kappa shape index (κ2) is 10.7. The number of benzene rings is 1. The first-order chi connectivity index (χ1) is 18.5. The molecular weight excluding hydrogens is 560 g/mol. The normalized spacial score (nSPS) is 19.1. The molecule has 0 unspecified atom stereocenters. The molecule has 0 saturated carbocycles. The highest BCUT2D eigenvalue weighted by Gasteiger charge is 2.45. The Kier molecular flexibility index (Phi) is 7.51. The summed E-state index contributed by atoms with van der Waals surface area (Å²) in [5, 5.41) is 7.13. The molecule has 2 fully saturated rings. The van der Waals surface area contributed by atoms with Crippen molar-refractivity contribution in [2.24, 2.45) is 5.16 Å². The van der Waals surface area contributed by atoms with Crippen molar-refractivity contribution in [2.45, 2.75) is 31.0 Å². The molecule has 3 amide bonds. The van der Waals surface area contributed by atoms with Crippen molar-refractivity contribution >= 4 is 52.4 Å². The number of amides is 3. The maximum absolute atomic E-state index is 13.1. The van der Waals surface area contributed by atoms with Crippen LogP contribution < -0.4 is 10.2 Å². The van der Waals surface area contributed by atoms with Crippen molar-refractivity contribution in [1.82, 2.24) is 14.8 Å². The molecule has 5 rings (SSSR count). The van der Waals surface area contributed by atoms with Crippen LogP contribution in [0.5, 0.6) is 0 Å². The number of likely N-dealkylation sites (tertiary alicyclic amines) is 1. The number of hydrogen-bond acceptors (Lipinski definition) is 6. The third kappa shape index (κ3) is 5.86. The summed E-state index contributed by atoms with van der Waals surface area (Å²) in [5.74, 6) is 0.510. The predicted molar refractivity (Wildman–Crippen MR) is 140 cm³/mol. The van der Waals surface area contributed by atoms with E-state index in [-0.39, 0.29) is 29.7 Å². The number of hydrogen-bond donors (Lipinski definition) is 1. The van der Waals surface area contributed by atoms with E-state index in [4.69, 9.17) is 28.0 Å². The Hall–Kier alpha value is -3.25. The number of oxime groups is 1. The predicted octanol–water partition coefficient (Wildman–Crippen LogP) is 4.90. The fourth-order valence-electron chi connectivity index (χ4n) is 4.93. The number of carbonyl (C=O) groups excluding carboxylic acids is 2. The summed E-state index contributed by atoms with van der Waals surface area (Å²) in [6.45, 7) is 2.71. The van der Waals surface area contributed by atoms with Gasteiger partial charge in [-0.05, 0) is 30.3 Å². The van der Waals surface area contributed by atoms with Crippen molar-refractivity contribution in [1.29, 1.82) is 0 Å². The van der Waals surface area contributed by atoms with Crippen molar-refractivity contribution in [3.63, 3.8) is 0 Å². The summed E-state index contributed by atoms with van der Waals surface area (Å²) in [7, 11) is 0. The molecule has 0 atom stereocenters. The van der Waals surface area contributed by atoms with Gasteiger partial charge in [0.1, 0.15) is 17.1 Å². The molecule has 3 aliphatic heterocycles.